The first-order valence-electron chi connectivity index (χ1n) is 4.03. The Morgan fingerprint density at radius 1 is 1.38 bits per heavy atom. The molecule has 0 saturated heterocycles. The monoisotopic (exact) mass is 184 g/mol. The summed E-state index contributed by atoms with van der Waals surface area (Å²) in [6.07, 6.45) is 2.52. The molecule has 0 heterocycles. The van der Waals surface area contributed by atoms with E-state index in [4.69, 9.17) is 9.47 Å². The van der Waals surface area contributed by atoms with Crippen LogP contribution in [0.15, 0.2) is 25.5 Å². The lowest BCUT2D eigenvalue weighted by atomic mass is 9.96. The molecule has 0 saturated carbocycles. The Hall–Kier alpha value is -1.25. The van der Waals surface area contributed by atoms with E-state index in [9.17, 15) is 4.79 Å². The summed E-state index contributed by atoms with van der Waals surface area (Å²) in [5.41, 5.74) is -0.202. The van der Waals surface area contributed by atoms with Crippen LogP contribution in [0.25, 0.3) is 0 Å². The van der Waals surface area contributed by atoms with Gasteiger partial charge in [-0.3, -0.25) is 0 Å². The summed E-state index contributed by atoms with van der Waals surface area (Å²) in [6, 6.07) is 0. The fourth-order valence-corrected chi connectivity index (χ4v) is 0.652. The predicted molar refractivity (Wildman–Crippen MR) is 51.1 cm³/mol. The van der Waals surface area contributed by atoms with Crippen molar-refractivity contribution >= 4 is 5.97 Å². The fraction of sp³-hybridized carbons (Fsp3) is 0.500. The molecule has 0 atom stereocenters. The molecule has 0 aliphatic heterocycles. The van der Waals surface area contributed by atoms with Crippen LogP contribution in [0.1, 0.15) is 13.8 Å². The van der Waals surface area contributed by atoms with E-state index in [2.05, 4.69) is 13.2 Å². The SMILES string of the molecule is C=COCC(C)(C)COC(=O)C=C. The van der Waals surface area contributed by atoms with Crippen LogP contribution < -0.4 is 0 Å². The van der Waals surface area contributed by atoms with E-state index in [1.165, 1.54) is 6.26 Å². The molecule has 0 spiro atoms. The molecule has 0 rings (SSSR count). The second-order valence-corrected chi connectivity index (χ2v) is 3.45. The van der Waals surface area contributed by atoms with Crippen molar-refractivity contribution < 1.29 is 14.3 Å². The molecule has 0 unspecified atom stereocenters. The van der Waals surface area contributed by atoms with Crippen molar-refractivity contribution in [1.82, 2.24) is 0 Å². The molecule has 0 N–H and O–H groups in total. The Bertz CT molecular complexity index is 194. The van der Waals surface area contributed by atoms with Gasteiger partial charge in [0.05, 0.1) is 19.5 Å². The van der Waals surface area contributed by atoms with Crippen LogP contribution in [0.3, 0.4) is 0 Å². The van der Waals surface area contributed by atoms with E-state index in [0.29, 0.717) is 13.2 Å². The first-order valence-corrected chi connectivity index (χ1v) is 4.03. The van der Waals surface area contributed by atoms with Crippen molar-refractivity contribution in [3.8, 4) is 0 Å². The molecule has 0 aliphatic carbocycles. The second kappa shape index (κ2) is 5.41. The Labute approximate surface area is 79.0 Å². The van der Waals surface area contributed by atoms with Crippen molar-refractivity contribution in [3.05, 3.63) is 25.5 Å². The molecule has 0 bridgehead atoms. The number of hydrogen-bond acceptors (Lipinski definition) is 3. The second-order valence-electron chi connectivity index (χ2n) is 3.45. The molecule has 0 aliphatic rings. The van der Waals surface area contributed by atoms with Crippen LogP contribution in [0.2, 0.25) is 0 Å². The van der Waals surface area contributed by atoms with Crippen molar-refractivity contribution in [2.45, 2.75) is 13.8 Å². The van der Waals surface area contributed by atoms with Crippen molar-refractivity contribution in [1.29, 1.82) is 0 Å². The highest BCUT2D eigenvalue weighted by molar-refractivity contribution is 5.81. The first kappa shape index (κ1) is 11.8. The van der Waals surface area contributed by atoms with E-state index in [-0.39, 0.29) is 5.41 Å². The van der Waals surface area contributed by atoms with Gasteiger partial charge in [0.25, 0.3) is 0 Å². The van der Waals surface area contributed by atoms with Gasteiger partial charge < -0.3 is 9.47 Å². The van der Waals surface area contributed by atoms with Crippen LogP contribution in [-0.4, -0.2) is 19.2 Å². The zero-order valence-corrected chi connectivity index (χ0v) is 8.21. The minimum absolute atomic E-state index is 0.202. The van der Waals surface area contributed by atoms with Crippen molar-refractivity contribution in [3.63, 3.8) is 0 Å². The summed E-state index contributed by atoms with van der Waals surface area (Å²) < 4.78 is 9.89. The van der Waals surface area contributed by atoms with Gasteiger partial charge in [0.1, 0.15) is 0 Å². The normalized spacial score (nSPS) is 10.3. The zero-order chi connectivity index (χ0) is 10.3. The maximum absolute atomic E-state index is 10.7. The average Bonchev–Trinajstić information content (AvgIpc) is 2.11. The molecule has 13 heavy (non-hydrogen) atoms. The molecule has 0 amide bonds. The minimum Gasteiger partial charge on any atom is -0.501 e. The quantitative estimate of drug-likeness (QED) is 0.359. The van der Waals surface area contributed by atoms with E-state index in [1.54, 1.807) is 0 Å². The summed E-state index contributed by atoms with van der Waals surface area (Å²) in [5, 5.41) is 0. The molecule has 3 nitrogen and oxygen atoms in total. The van der Waals surface area contributed by atoms with Crippen molar-refractivity contribution in [2.75, 3.05) is 13.2 Å². The smallest absolute Gasteiger partial charge is 0.330 e. The van der Waals surface area contributed by atoms with Crippen LogP contribution in [0.5, 0.6) is 0 Å². The third-order valence-corrected chi connectivity index (χ3v) is 1.36. The number of carbonyl (C=O) groups is 1. The lowest BCUT2D eigenvalue weighted by Gasteiger charge is -2.22. The van der Waals surface area contributed by atoms with Gasteiger partial charge >= 0.3 is 5.97 Å². The predicted octanol–water partition coefficient (Wildman–Crippen LogP) is 1.90. The molecule has 0 aromatic carbocycles. The summed E-state index contributed by atoms with van der Waals surface area (Å²) >= 11 is 0. The topological polar surface area (TPSA) is 35.5 Å². The minimum atomic E-state index is -0.410. The van der Waals surface area contributed by atoms with Crippen LogP contribution in [0.4, 0.5) is 0 Å². The van der Waals surface area contributed by atoms with Gasteiger partial charge in [-0.15, -0.1) is 0 Å². The van der Waals surface area contributed by atoms with E-state index >= 15 is 0 Å². The molecule has 0 radical (unpaired) electrons. The Balaban J connectivity index is 3.80. The highest BCUT2D eigenvalue weighted by Crippen LogP contribution is 2.15. The lowest BCUT2D eigenvalue weighted by Crippen LogP contribution is -2.25. The number of ether oxygens (including phenoxy) is 2. The van der Waals surface area contributed by atoms with Crippen LogP contribution in [-0.2, 0) is 14.3 Å². The largest absolute Gasteiger partial charge is 0.501 e. The summed E-state index contributed by atoms with van der Waals surface area (Å²) in [4.78, 5) is 10.7. The van der Waals surface area contributed by atoms with Gasteiger partial charge in [-0.2, -0.15) is 0 Å². The molecular formula is C10H16O3. The Morgan fingerprint density at radius 3 is 2.46 bits per heavy atom. The average molecular weight is 184 g/mol. The Kier molecular flexibility index (Phi) is 4.89. The third kappa shape index (κ3) is 5.96. The maximum atomic E-state index is 10.7. The van der Waals surface area contributed by atoms with Gasteiger partial charge in [-0.25, -0.2) is 4.79 Å². The Morgan fingerprint density at radius 2 is 2.00 bits per heavy atom. The summed E-state index contributed by atoms with van der Waals surface area (Å²) in [5.74, 6) is -0.410. The van der Waals surface area contributed by atoms with E-state index in [0.717, 1.165) is 6.08 Å². The van der Waals surface area contributed by atoms with Crippen LogP contribution >= 0.6 is 0 Å². The number of rotatable bonds is 6. The maximum Gasteiger partial charge on any atom is 0.330 e. The molecular weight excluding hydrogens is 168 g/mol. The summed E-state index contributed by atoms with van der Waals surface area (Å²) in [6.45, 7) is 11.4. The third-order valence-electron chi connectivity index (χ3n) is 1.36. The van der Waals surface area contributed by atoms with E-state index in [1.807, 2.05) is 13.8 Å². The number of carbonyl (C=O) groups excluding carboxylic acids is 1. The lowest BCUT2D eigenvalue weighted by molar-refractivity contribution is -0.141. The highest BCUT2D eigenvalue weighted by atomic mass is 16.5. The number of esters is 1. The zero-order valence-electron chi connectivity index (χ0n) is 8.21. The molecule has 0 aromatic rings. The standard InChI is InChI=1S/C10H16O3/c1-5-9(11)13-8-10(3,4)7-12-6-2/h5-6H,1-2,7-8H2,3-4H3. The van der Waals surface area contributed by atoms with Crippen molar-refractivity contribution in [2.24, 2.45) is 5.41 Å². The summed E-state index contributed by atoms with van der Waals surface area (Å²) in [7, 11) is 0. The molecule has 0 aromatic heterocycles. The fourth-order valence-electron chi connectivity index (χ4n) is 0.652. The van der Waals surface area contributed by atoms with Gasteiger partial charge in [-0.05, 0) is 0 Å². The van der Waals surface area contributed by atoms with Gasteiger partial charge in [0.2, 0.25) is 0 Å². The van der Waals surface area contributed by atoms with Gasteiger partial charge in [0.15, 0.2) is 0 Å². The van der Waals surface area contributed by atoms with Gasteiger partial charge in [0, 0.05) is 11.5 Å². The highest BCUT2D eigenvalue weighted by Gasteiger charge is 2.20. The molecule has 74 valence electrons. The number of hydrogen-bond donors (Lipinski definition) is 0. The molecule has 3 heteroatoms. The van der Waals surface area contributed by atoms with Gasteiger partial charge in [-0.1, -0.05) is 27.0 Å². The molecule has 0 fully saturated rings. The first-order chi connectivity index (χ1) is 6.02. The van der Waals surface area contributed by atoms with E-state index < -0.39 is 5.97 Å². The van der Waals surface area contributed by atoms with Crippen LogP contribution in [0, 0.1) is 5.41 Å².